The highest BCUT2D eigenvalue weighted by atomic mass is 32.1. The van der Waals surface area contributed by atoms with Crippen LogP contribution < -0.4 is 14.2 Å². The van der Waals surface area contributed by atoms with Crippen LogP contribution in [0.2, 0.25) is 0 Å². The molecule has 2 amide bonds. The van der Waals surface area contributed by atoms with Gasteiger partial charge in [0, 0.05) is 25.1 Å². The van der Waals surface area contributed by atoms with Crippen molar-refractivity contribution in [2.24, 2.45) is 0 Å². The molecule has 2 aromatic carbocycles. The van der Waals surface area contributed by atoms with E-state index < -0.39 is 0 Å². The highest BCUT2D eigenvalue weighted by molar-refractivity contribution is 7.10. The number of carbonyl (C=O) groups is 2. The van der Waals surface area contributed by atoms with Crippen molar-refractivity contribution in [1.82, 2.24) is 9.80 Å². The lowest BCUT2D eigenvalue weighted by Gasteiger charge is -2.28. The first-order valence-electron chi connectivity index (χ1n) is 12.3. The molecule has 3 aromatic rings. The van der Waals surface area contributed by atoms with E-state index in [4.69, 9.17) is 18.9 Å². The van der Waals surface area contributed by atoms with Gasteiger partial charge >= 0.3 is 0 Å². The Labute approximate surface area is 228 Å². The molecule has 0 aliphatic rings. The Morgan fingerprint density at radius 3 is 2.24 bits per heavy atom. The van der Waals surface area contributed by atoms with Crippen molar-refractivity contribution < 1.29 is 28.5 Å². The minimum absolute atomic E-state index is 0.0728. The van der Waals surface area contributed by atoms with E-state index in [1.165, 1.54) is 12.0 Å². The Balaban J connectivity index is 1.82. The Hall–Kier alpha value is -3.56. The van der Waals surface area contributed by atoms with Gasteiger partial charge in [0.05, 0.1) is 40.0 Å². The molecule has 38 heavy (non-hydrogen) atoms. The number of hydrogen-bond acceptors (Lipinski definition) is 7. The molecule has 8 nitrogen and oxygen atoms in total. The third kappa shape index (κ3) is 7.49. The number of methoxy groups -OCH3 is 4. The molecule has 0 bridgehead atoms. The first-order chi connectivity index (χ1) is 18.4. The van der Waals surface area contributed by atoms with Gasteiger partial charge in [-0.1, -0.05) is 18.2 Å². The molecule has 0 atom stereocenters. The summed E-state index contributed by atoms with van der Waals surface area (Å²) in [5, 5.41) is 2.03. The molecular formula is C29H36N2O6S. The van der Waals surface area contributed by atoms with Gasteiger partial charge in [-0.3, -0.25) is 9.59 Å². The standard InChI is InChI=1S/C29H36N2O6S/c1-21-13-17-38-27(21)19-30(14-12-22-10-11-25(36-4)26(18-22)37-5)28(32)20-31(15-16-34-2)29(33)23-8-6-7-9-24(23)35-3/h6-11,13,17-18H,12,14-16,19-20H2,1-5H3. The van der Waals surface area contributed by atoms with Crippen LogP contribution >= 0.6 is 11.3 Å². The number of para-hydroxylation sites is 1. The Kier molecular flexibility index (Phi) is 11.0. The fraction of sp³-hybridized carbons (Fsp3) is 0.379. The Morgan fingerprint density at radius 2 is 1.58 bits per heavy atom. The van der Waals surface area contributed by atoms with E-state index in [9.17, 15) is 9.59 Å². The van der Waals surface area contributed by atoms with Crippen molar-refractivity contribution in [3.63, 3.8) is 0 Å². The van der Waals surface area contributed by atoms with Crippen molar-refractivity contribution in [3.8, 4) is 17.2 Å². The molecule has 0 saturated carbocycles. The molecule has 0 fully saturated rings. The molecule has 3 rings (SSSR count). The summed E-state index contributed by atoms with van der Waals surface area (Å²) in [4.78, 5) is 31.6. The maximum Gasteiger partial charge on any atom is 0.258 e. The summed E-state index contributed by atoms with van der Waals surface area (Å²) in [7, 11) is 6.30. The van der Waals surface area contributed by atoms with Crippen molar-refractivity contribution in [2.75, 3.05) is 54.7 Å². The van der Waals surface area contributed by atoms with Gasteiger partial charge in [-0.25, -0.2) is 0 Å². The monoisotopic (exact) mass is 540 g/mol. The first-order valence-corrected chi connectivity index (χ1v) is 13.2. The minimum Gasteiger partial charge on any atom is -0.496 e. The van der Waals surface area contributed by atoms with Crippen molar-refractivity contribution in [2.45, 2.75) is 19.9 Å². The van der Waals surface area contributed by atoms with Gasteiger partial charge in [0.25, 0.3) is 5.91 Å². The van der Waals surface area contributed by atoms with Crippen molar-refractivity contribution in [3.05, 3.63) is 75.5 Å². The maximum atomic E-state index is 13.7. The lowest BCUT2D eigenvalue weighted by atomic mass is 10.1. The minimum atomic E-state index is -0.278. The number of amides is 2. The number of thiophene rings is 1. The molecule has 0 unspecified atom stereocenters. The van der Waals surface area contributed by atoms with Gasteiger partial charge in [0.15, 0.2) is 11.5 Å². The van der Waals surface area contributed by atoms with Crippen LogP contribution in [0.4, 0.5) is 0 Å². The van der Waals surface area contributed by atoms with Crippen LogP contribution in [-0.4, -0.2) is 76.3 Å². The highest BCUT2D eigenvalue weighted by Gasteiger charge is 2.25. The number of nitrogens with zero attached hydrogens (tertiary/aromatic N) is 2. The van der Waals surface area contributed by atoms with Crippen LogP contribution in [0, 0.1) is 6.92 Å². The van der Waals surface area contributed by atoms with Crippen LogP contribution in [0.1, 0.15) is 26.4 Å². The number of carbonyl (C=O) groups excluding carboxylic acids is 2. The van der Waals surface area contributed by atoms with Gasteiger partial charge in [0.2, 0.25) is 5.91 Å². The summed E-state index contributed by atoms with van der Waals surface area (Å²) >= 11 is 1.62. The molecule has 9 heteroatoms. The van der Waals surface area contributed by atoms with E-state index in [1.807, 2.05) is 41.5 Å². The second-order valence-corrected chi connectivity index (χ2v) is 9.70. The molecule has 0 N–H and O–H groups in total. The SMILES string of the molecule is COCCN(CC(=O)N(CCc1ccc(OC)c(OC)c1)Cc1sccc1C)C(=O)c1ccccc1OC. The van der Waals surface area contributed by atoms with Gasteiger partial charge < -0.3 is 28.7 Å². The largest absolute Gasteiger partial charge is 0.496 e. The topological polar surface area (TPSA) is 77.5 Å². The summed E-state index contributed by atoms with van der Waals surface area (Å²) in [6.07, 6.45) is 0.620. The average molecular weight is 541 g/mol. The predicted molar refractivity (Wildman–Crippen MR) is 148 cm³/mol. The van der Waals surface area contributed by atoms with Crippen LogP contribution in [-0.2, 0) is 22.5 Å². The van der Waals surface area contributed by atoms with Gasteiger partial charge in [-0.05, 0) is 60.2 Å². The summed E-state index contributed by atoms with van der Waals surface area (Å²) in [5.41, 5.74) is 2.56. The van der Waals surface area contributed by atoms with Crippen LogP contribution in [0.5, 0.6) is 17.2 Å². The predicted octanol–water partition coefficient (Wildman–Crippen LogP) is 4.44. The fourth-order valence-electron chi connectivity index (χ4n) is 4.04. The zero-order valence-corrected chi connectivity index (χ0v) is 23.5. The quantitative estimate of drug-likeness (QED) is 0.301. The first kappa shape index (κ1) is 29.0. The summed E-state index contributed by atoms with van der Waals surface area (Å²) in [6, 6.07) is 14.8. The summed E-state index contributed by atoms with van der Waals surface area (Å²) in [5.74, 6) is 1.34. The lowest BCUT2D eigenvalue weighted by molar-refractivity contribution is -0.132. The molecule has 0 aliphatic heterocycles. The van der Waals surface area contributed by atoms with E-state index in [0.717, 1.165) is 16.0 Å². The lowest BCUT2D eigenvalue weighted by Crippen LogP contribution is -2.44. The molecule has 1 heterocycles. The van der Waals surface area contributed by atoms with Gasteiger partial charge in [0.1, 0.15) is 12.3 Å². The van der Waals surface area contributed by atoms with E-state index in [-0.39, 0.29) is 24.9 Å². The zero-order valence-electron chi connectivity index (χ0n) is 22.7. The second kappa shape index (κ2) is 14.4. The normalized spacial score (nSPS) is 10.7. The van der Waals surface area contributed by atoms with E-state index in [1.54, 1.807) is 56.9 Å². The second-order valence-electron chi connectivity index (χ2n) is 8.70. The summed E-state index contributed by atoms with van der Waals surface area (Å²) < 4.78 is 21.4. The number of hydrogen-bond donors (Lipinski definition) is 0. The summed E-state index contributed by atoms with van der Waals surface area (Å²) in [6.45, 7) is 3.50. The van der Waals surface area contributed by atoms with Crippen molar-refractivity contribution in [1.29, 1.82) is 0 Å². The number of rotatable bonds is 14. The number of ether oxygens (including phenoxy) is 4. The number of benzene rings is 2. The van der Waals surface area contributed by atoms with E-state index in [0.29, 0.717) is 48.9 Å². The van der Waals surface area contributed by atoms with Crippen molar-refractivity contribution >= 4 is 23.2 Å². The fourth-order valence-corrected chi connectivity index (χ4v) is 4.96. The Morgan fingerprint density at radius 1 is 0.842 bits per heavy atom. The zero-order chi connectivity index (χ0) is 27.5. The van der Waals surface area contributed by atoms with Crippen LogP contribution in [0.3, 0.4) is 0 Å². The van der Waals surface area contributed by atoms with E-state index in [2.05, 4.69) is 0 Å². The number of aryl methyl sites for hydroxylation is 1. The average Bonchev–Trinajstić information content (AvgIpc) is 3.36. The van der Waals surface area contributed by atoms with E-state index >= 15 is 0 Å². The Bertz CT molecular complexity index is 1210. The van der Waals surface area contributed by atoms with Crippen LogP contribution in [0.25, 0.3) is 0 Å². The third-order valence-electron chi connectivity index (χ3n) is 6.29. The molecule has 0 spiro atoms. The molecule has 0 saturated heterocycles. The highest BCUT2D eigenvalue weighted by Crippen LogP contribution is 2.28. The maximum absolute atomic E-state index is 13.7. The third-order valence-corrected chi connectivity index (χ3v) is 7.30. The smallest absolute Gasteiger partial charge is 0.258 e. The molecular weight excluding hydrogens is 504 g/mol. The molecule has 0 aliphatic carbocycles. The molecule has 204 valence electrons. The molecule has 0 radical (unpaired) electrons. The molecule has 1 aromatic heterocycles. The van der Waals surface area contributed by atoms with Gasteiger partial charge in [-0.2, -0.15) is 0 Å². The van der Waals surface area contributed by atoms with Crippen LogP contribution in [0.15, 0.2) is 53.9 Å². The van der Waals surface area contributed by atoms with Gasteiger partial charge in [-0.15, -0.1) is 11.3 Å².